The molecule has 6 heteroatoms. The standard InChI is InChI=1S/C17H24N2O4/c1-2-6-14(17(22)23)12-19-15(20)9-10-18-16(21)11-13-7-4-3-5-8-13/h3-5,7-8,14H,2,6,9-12H2,1H3,(H,18,21)(H,19,20)(H,22,23). The van der Waals surface area contributed by atoms with Gasteiger partial charge < -0.3 is 15.7 Å². The van der Waals surface area contributed by atoms with Gasteiger partial charge >= 0.3 is 5.97 Å². The van der Waals surface area contributed by atoms with E-state index in [0.717, 1.165) is 12.0 Å². The molecule has 0 bridgehead atoms. The van der Waals surface area contributed by atoms with Crippen LogP contribution in [-0.2, 0) is 20.8 Å². The van der Waals surface area contributed by atoms with Crippen molar-refractivity contribution >= 4 is 17.8 Å². The molecular weight excluding hydrogens is 296 g/mol. The molecule has 1 rings (SSSR count). The number of amides is 2. The van der Waals surface area contributed by atoms with Crippen molar-refractivity contribution in [3.63, 3.8) is 0 Å². The van der Waals surface area contributed by atoms with Gasteiger partial charge in [0.25, 0.3) is 0 Å². The van der Waals surface area contributed by atoms with E-state index in [2.05, 4.69) is 10.6 Å². The summed E-state index contributed by atoms with van der Waals surface area (Å²) in [4.78, 5) is 34.3. The van der Waals surface area contributed by atoms with Crippen molar-refractivity contribution in [2.75, 3.05) is 13.1 Å². The summed E-state index contributed by atoms with van der Waals surface area (Å²) < 4.78 is 0. The van der Waals surface area contributed by atoms with Crippen LogP contribution in [-0.4, -0.2) is 36.0 Å². The third kappa shape index (κ3) is 7.99. The second kappa shape index (κ2) is 10.4. The summed E-state index contributed by atoms with van der Waals surface area (Å²) in [6.45, 7) is 2.27. The smallest absolute Gasteiger partial charge is 0.308 e. The maximum Gasteiger partial charge on any atom is 0.308 e. The third-order valence-electron chi connectivity index (χ3n) is 3.41. The van der Waals surface area contributed by atoms with Crippen LogP contribution in [0.5, 0.6) is 0 Å². The van der Waals surface area contributed by atoms with Crippen molar-refractivity contribution in [1.29, 1.82) is 0 Å². The molecule has 0 saturated carbocycles. The lowest BCUT2D eigenvalue weighted by molar-refractivity contribution is -0.142. The Kier molecular flexibility index (Phi) is 8.42. The quantitative estimate of drug-likeness (QED) is 0.606. The van der Waals surface area contributed by atoms with Crippen LogP contribution < -0.4 is 10.6 Å². The zero-order valence-corrected chi connectivity index (χ0v) is 13.4. The highest BCUT2D eigenvalue weighted by molar-refractivity contribution is 5.80. The number of carboxylic acids is 1. The fourth-order valence-electron chi connectivity index (χ4n) is 2.15. The number of aliphatic carboxylic acids is 1. The van der Waals surface area contributed by atoms with E-state index in [1.54, 1.807) is 0 Å². The Morgan fingerprint density at radius 2 is 1.78 bits per heavy atom. The lowest BCUT2D eigenvalue weighted by atomic mass is 10.0. The second-order valence-corrected chi connectivity index (χ2v) is 5.39. The SMILES string of the molecule is CCCC(CNC(=O)CCNC(=O)Cc1ccccc1)C(=O)O. The lowest BCUT2D eigenvalue weighted by Crippen LogP contribution is -2.35. The second-order valence-electron chi connectivity index (χ2n) is 5.39. The van der Waals surface area contributed by atoms with Gasteiger partial charge in [-0.1, -0.05) is 43.7 Å². The highest BCUT2D eigenvalue weighted by atomic mass is 16.4. The maximum absolute atomic E-state index is 11.7. The lowest BCUT2D eigenvalue weighted by Gasteiger charge is -2.12. The van der Waals surface area contributed by atoms with Crippen LogP contribution in [0.4, 0.5) is 0 Å². The molecule has 1 aromatic rings. The van der Waals surface area contributed by atoms with Gasteiger partial charge in [-0.2, -0.15) is 0 Å². The first-order valence-corrected chi connectivity index (χ1v) is 7.83. The van der Waals surface area contributed by atoms with Gasteiger partial charge in [0, 0.05) is 19.5 Å². The van der Waals surface area contributed by atoms with Crippen LogP contribution in [0.3, 0.4) is 0 Å². The molecule has 0 aliphatic rings. The number of hydrogen-bond donors (Lipinski definition) is 3. The Labute approximate surface area is 136 Å². The normalized spacial score (nSPS) is 11.5. The van der Waals surface area contributed by atoms with Crippen LogP contribution >= 0.6 is 0 Å². The molecule has 1 aromatic carbocycles. The molecule has 1 atom stereocenters. The zero-order chi connectivity index (χ0) is 17.1. The van der Waals surface area contributed by atoms with Gasteiger partial charge in [-0.25, -0.2) is 0 Å². The van der Waals surface area contributed by atoms with E-state index in [1.165, 1.54) is 0 Å². The molecule has 0 radical (unpaired) electrons. The molecule has 0 aliphatic carbocycles. The molecule has 0 spiro atoms. The number of benzene rings is 1. The van der Waals surface area contributed by atoms with E-state index < -0.39 is 11.9 Å². The van der Waals surface area contributed by atoms with Crippen LogP contribution in [0.15, 0.2) is 30.3 Å². The Balaban J connectivity index is 2.20. The van der Waals surface area contributed by atoms with Gasteiger partial charge in [0.05, 0.1) is 12.3 Å². The van der Waals surface area contributed by atoms with E-state index >= 15 is 0 Å². The summed E-state index contributed by atoms with van der Waals surface area (Å²) in [6, 6.07) is 9.35. The first-order chi connectivity index (χ1) is 11.0. The highest BCUT2D eigenvalue weighted by Gasteiger charge is 2.17. The minimum absolute atomic E-state index is 0.125. The highest BCUT2D eigenvalue weighted by Crippen LogP contribution is 2.05. The minimum atomic E-state index is -0.900. The Morgan fingerprint density at radius 3 is 2.39 bits per heavy atom. The summed E-state index contributed by atoms with van der Waals surface area (Å²) in [5, 5.41) is 14.3. The molecule has 0 fully saturated rings. The molecular formula is C17H24N2O4. The molecule has 3 N–H and O–H groups in total. The van der Waals surface area contributed by atoms with Crippen molar-refractivity contribution in [1.82, 2.24) is 10.6 Å². The number of nitrogens with one attached hydrogen (secondary N) is 2. The molecule has 2 amide bonds. The van der Waals surface area contributed by atoms with Crippen LogP contribution in [0.1, 0.15) is 31.7 Å². The predicted molar refractivity (Wildman–Crippen MR) is 86.8 cm³/mol. The van der Waals surface area contributed by atoms with Crippen LogP contribution in [0.25, 0.3) is 0 Å². The number of hydrogen-bond acceptors (Lipinski definition) is 3. The van der Waals surface area contributed by atoms with Gasteiger partial charge in [-0.3, -0.25) is 14.4 Å². The maximum atomic E-state index is 11.7. The molecule has 6 nitrogen and oxygen atoms in total. The van der Waals surface area contributed by atoms with Crippen molar-refractivity contribution in [2.24, 2.45) is 5.92 Å². The largest absolute Gasteiger partial charge is 0.481 e. The Bertz CT molecular complexity index is 517. The zero-order valence-electron chi connectivity index (χ0n) is 13.4. The van der Waals surface area contributed by atoms with E-state index in [-0.39, 0.29) is 37.7 Å². The van der Waals surface area contributed by atoms with Crippen molar-refractivity contribution in [2.45, 2.75) is 32.6 Å². The number of carbonyl (C=O) groups is 3. The van der Waals surface area contributed by atoms with Crippen molar-refractivity contribution in [3.8, 4) is 0 Å². The molecule has 0 aliphatic heterocycles. The number of carboxylic acid groups (broad SMARTS) is 1. The Morgan fingerprint density at radius 1 is 1.09 bits per heavy atom. The molecule has 1 unspecified atom stereocenters. The third-order valence-corrected chi connectivity index (χ3v) is 3.41. The molecule has 126 valence electrons. The van der Waals surface area contributed by atoms with Gasteiger partial charge in [0.1, 0.15) is 0 Å². The van der Waals surface area contributed by atoms with E-state index in [1.807, 2.05) is 37.3 Å². The summed E-state index contributed by atoms with van der Waals surface area (Å²) in [6.07, 6.45) is 1.70. The van der Waals surface area contributed by atoms with Gasteiger partial charge in [-0.15, -0.1) is 0 Å². The minimum Gasteiger partial charge on any atom is -0.481 e. The number of carbonyl (C=O) groups excluding carboxylic acids is 2. The summed E-state index contributed by atoms with van der Waals surface area (Å²) >= 11 is 0. The summed E-state index contributed by atoms with van der Waals surface area (Å²) in [7, 11) is 0. The first-order valence-electron chi connectivity index (χ1n) is 7.83. The molecule has 0 saturated heterocycles. The molecule has 0 aromatic heterocycles. The first kappa shape index (κ1) is 18.7. The summed E-state index contributed by atoms with van der Waals surface area (Å²) in [5.74, 6) is -1.86. The predicted octanol–water partition coefficient (Wildman–Crippen LogP) is 1.35. The summed E-state index contributed by atoms with van der Waals surface area (Å²) in [5.41, 5.74) is 0.915. The number of rotatable bonds is 10. The average Bonchev–Trinajstić information content (AvgIpc) is 2.52. The fourth-order valence-corrected chi connectivity index (χ4v) is 2.15. The monoisotopic (exact) mass is 320 g/mol. The van der Waals surface area contributed by atoms with Gasteiger partial charge in [0.2, 0.25) is 11.8 Å². The van der Waals surface area contributed by atoms with E-state index in [0.29, 0.717) is 6.42 Å². The molecule has 0 heterocycles. The van der Waals surface area contributed by atoms with Crippen molar-refractivity contribution in [3.05, 3.63) is 35.9 Å². The molecule has 23 heavy (non-hydrogen) atoms. The van der Waals surface area contributed by atoms with Crippen LogP contribution in [0, 0.1) is 5.92 Å². The topological polar surface area (TPSA) is 95.5 Å². The van der Waals surface area contributed by atoms with Crippen LogP contribution in [0.2, 0.25) is 0 Å². The van der Waals surface area contributed by atoms with Crippen molar-refractivity contribution < 1.29 is 19.5 Å². The average molecular weight is 320 g/mol. The van der Waals surface area contributed by atoms with E-state index in [9.17, 15) is 14.4 Å². The van der Waals surface area contributed by atoms with E-state index in [4.69, 9.17) is 5.11 Å². The Hall–Kier alpha value is -2.37. The van der Waals surface area contributed by atoms with Gasteiger partial charge in [0.15, 0.2) is 0 Å². The fraction of sp³-hybridized carbons (Fsp3) is 0.471. The van der Waals surface area contributed by atoms with Gasteiger partial charge in [-0.05, 0) is 12.0 Å².